The zero-order valence-electron chi connectivity index (χ0n) is 16.4. The lowest BCUT2D eigenvalue weighted by Gasteiger charge is -2.18. The van der Waals surface area contributed by atoms with Gasteiger partial charge in [0.1, 0.15) is 11.6 Å². The summed E-state index contributed by atoms with van der Waals surface area (Å²) in [5.41, 5.74) is 3.43. The maximum atomic E-state index is 13.5. The Hall–Kier alpha value is -3.54. The van der Waals surface area contributed by atoms with E-state index >= 15 is 0 Å². The molecule has 0 spiro atoms. The van der Waals surface area contributed by atoms with Gasteiger partial charge in [0.25, 0.3) is 5.91 Å². The van der Waals surface area contributed by atoms with Crippen molar-refractivity contribution in [1.82, 2.24) is 5.32 Å². The fourth-order valence-electron chi connectivity index (χ4n) is 3.63. The SMILES string of the molecule is C[C@H](NC(=O)c1ccc2c(c1)CC(=O)N2Cc1cccc(F)c1)c1ccc(F)cc1. The number of rotatable bonds is 5. The van der Waals surface area contributed by atoms with Crippen LogP contribution < -0.4 is 10.2 Å². The molecule has 2 amide bonds. The summed E-state index contributed by atoms with van der Waals surface area (Å²) >= 11 is 0. The minimum absolute atomic E-state index is 0.0912. The first-order valence-corrected chi connectivity index (χ1v) is 9.65. The minimum atomic E-state index is -0.346. The molecule has 4 nitrogen and oxygen atoms in total. The third kappa shape index (κ3) is 4.08. The predicted octanol–water partition coefficient (Wildman–Crippen LogP) is 4.55. The quantitative estimate of drug-likeness (QED) is 0.676. The summed E-state index contributed by atoms with van der Waals surface area (Å²) in [5.74, 6) is -1.04. The molecule has 1 atom stereocenters. The molecular formula is C24H20F2N2O2. The highest BCUT2D eigenvalue weighted by Crippen LogP contribution is 2.31. The third-order valence-corrected chi connectivity index (χ3v) is 5.22. The van der Waals surface area contributed by atoms with Crippen molar-refractivity contribution in [2.24, 2.45) is 0 Å². The van der Waals surface area contributed by atoms with Crippen LogP contribution in [0.5, 0.6) is 0 Å². The monoisotopic (exact) mass is 406 g/mol. The van der Waals surface area contributed by atoms with Crippen LogP contribution in [-0.4, -0.2) is 11.8 Å². The van der Waals surface area contributed by atoms with Gasteiger partial charge in [-0.25, -0.2) is 8.78 Å². The van der Waals surface area contributed by atoms with Crippen LogP contribution in [0.4, 0.5) is 14.5 Å². The van der Waals surface area contributed by atoms with Gasteiger partial charge in [0.05, 0.1) is 19.0 Å². The number of fused-ring (bicyclic) bond motifs is 1. The summed E-state index contributed by atoms with van der Waals surface area (Å²) in [6, 6.07) is 17.0. The highest BCUT2D eigenvalue weighted by Gasteiger charge is 2.28. The average Bonchev–Trinajstić information content (AvgIpc) is 3.03. The van der Waals surface area contributed by atoms with Crippen LogP contribution in [0.3, 0.4) is 0 Å². The Kier molecular flexibility index (Phi) is 5.31. The Morgan fingerprint density at radius 1 is 1.03 bits per heavy atom. The first-order chi connectivity index (χ1) is 14.4. The van der Waals surface area contributed by atoms with Crippen LogP contribution in [0.1, 0.15) is 40.0 Å². The first-order valence-electron chi connectivity index (χ1n) is 9.65. The molecule has 0 aliphatic carbocycles. The Morgan fingerprint density at radius 2 is 1.80 bits per heavy atom. The summed E-state index contributed by atoms with van der Waals surface area (Å²) in [4.78, 5) is 26.8. The van der Waals surface area contributed by atoms with E-state index in [-0.39, 0.29) is 42.5 Å². The van der Waals surface area contributed by atoms with Crippen LogP contribution in [0, 0.1) is 11.6 Å². The Morgan fingerprint density at radius 3 is 2.53 bits per heavy atom. The summed E-state index contributed by atoms with van der Waals surface area (Å²) < 4.78 is 26.5. The maximum absolute atomic E-state index is 13.5. The number of nitrogens with zero attached hydrogens (tertiary/aromatic N) is 1. The number of hydrogen-bond acceptors (Lipinski definition) is 2. The maximum Gasteiger partial charge on any atom is 0.251 e. The van der Waals surface area contributed by atoms with Gasteiger partial charge < -0.3 is 10.2 Å². The summed E-state index contributed by atoms with van der Waals surface area (Å²) in [6.07, 6.45) is 0.194. The van der Waals surface area contributed by atoms with E-state index < -0.39 is 0 Å². The van der Waals surface area contributed by atoms with Gasteiger partial charge in [-0.15, -0.1) is 0 Å². The van der Waals surface area contributed by atoms with E-state index in [1.54, 1.807) is 47.4 Å². The van der Waals surface area contributed by atoms with E-state index in [0.717, 1.165) is 16.8 Å². The van der Waals surface area contributed by atoms with Crippen molar-refractivity contribution in [3.63, 3.8) is 0 Å². The van der Waals surface area contributed by atoms with Gasteiger partial charge >= 0.3 is 0 Å². The molecule has 4 rings (SSSR count). The van der Waals surface area contributed by atoms with Crippen LogP contribution in [-0.2, 0) is 17.8 Å². The van der Waals surface area contributed by atoms with Crippen molar-refractivity contribution in [1.29, 1.82) is 0 Å². The molecule has 3 aromatic rings. The van der Waals surface area contributed by atoms with Crippen molar-refractivity contribution in [3.8, 4) is 0 Å². The second-order valence-electron chi connectivity index (χ2n) is 7.38. The Labute approximate surface area is 173 Å². The molecule has 30 heavy (non-hydrogen) atoms. The van der Waals surface area contributed by atoms with Gasteiger partial charge in [0.2, 0.25) is 5.91 Å². The third-order valence-electron chi connectivity index (χ3n) is 5.22. The highest BCUT2D eigenvalue weighted by molar-refractivity contribution is 6.03. The molecule has 0 saturated carbocycles. The smallest absolute Gasteiger partial charge is 0.251 e. The van der Waals surface area contributed by atoms with E-state index in [4.69, 9.17) is 0 Å². The van der Waals surface area contributed by atoms with E-state index in [1.165, 1.54) is 24.3 Å². The topological polar surface area (TPSA) is 49.4 Å². The lowest BCUT2D eigenvalue weighted by atomic mass is 10.1. The number of carbonyl (C=O) groups is 2. The number of nitrogens with one attached hydrogen (secondary N) is 1. The standard InChI is InChI=1S/C24H20F2N2O2/c1-15(17-5-8-20(25)9-6-17)27-24(30)18-7-10-22-19(12-18)13-23(29)28(22)14-16-3-2-4-21(26)11-16/h2-12,15H,13-14H2,1H3,(H,27,30)/t15-/m0/s1. The first kappa shape index (κ1) is 19.8. The molecule has 0 unspecified atom stereocenters. The lowest BCUT2D eigenvalue weighted by molar-refractivity contribution is -0.117. The van der Waals surface area contributed by atoms with E-state index in [9.17, 15) is 18.4 Å². The normalized spacial score (nSPS) is 13.8. The molecule has 0 saturated heterocycles. The number of anilines is 1. The largest absolute Gasteiger partial charge is 0.346 e. The van der Waals surface area contributed by atoms with Crippen molar-refractivity contribution < 1.29 is 18.4 Å². The minimum Gasteiger partial charge on any atom is -0.346 e. The zero-order chi connectivity index (χ0) is 21.3. The summed E-state index contributed by atoms with van der Waals surface area (Å²) in [6.45, 7) is 2.10. The van der Waals surface area contributed by atoms with E-state index in [2.05, 4.69) is 5.32 Å². The zero-order valence-corrected chi connectivity index (χ0v) is 16.4. The summed E-state index contributed by atoms with van der Waals surface area (Å²) in [5, 5.41) is 2.89. The fraction of sp³-hybridized carbons (Fsp3) is 0.167. The van der Waals surface area contributed by atoms with Crippen molar-refractivity contribution in [2.45, 2.75) is 25.9 Å². The molecule has 152 valence electrons. The molecule has 0 aromatic heterocycles. The fourth-order valence-corrected chi connectivity index (χ4v) is 3.63. The van der Waals surface area contributed by atoms with Gasteiger partial charge in [-0.1, -0.05) is 24.3 Å². The van der Waals surface area contributed by atoms with Crippen LogP contribution in [0.15, 0.2) is 66.7 Å². The molecule has 0 radical (unpaired) electrons. The summed E-state index contributed by atoms with van der Waals surface area (Å²) in [7, 11) is 0. The predicted molar refractivity (Wildman–Crippen MR) is 110 cm³/mol. The van der Waals surface area contributed by atoms with Crippen LogP contribution in [0.2, 0.25) is 0 Å². The molecule has 1 aliphatic rings. The number of carbonyl (C=O) groups excluding carboxylic acids is 2. The number of benzene rings is 3. The molecular weight excluding hydrogens is 386 g/mol. The molecule has 3 aromatic carbocycles. The molecule has 1 aliphatic heterocycles. The van der Waals surface area contributed by atoms with E-state index in [1.807, 2.05) is 6.92 Å². The number of hydrogen-bond donors (Lipinski definition) is 1. The number of amides is 2. The van der Waals surface area contributed by atoms with Crippen LogP contribution in [0.25, 0.3) is 0 Å². The van der Waals surface area contributed by atoms with E-state index in [0.29, 0.717) is 11.1 Å². The average molecular weight is 406 g/mol. The lowest BCUT2D eigenvalue weighted by Crippen LogP contribution is -2.27. The van der Waals surface area contributed by atoms with Crippen molar-refractivity contribution in [3.05, 3.63) is 101 Å². The van der Waals surface area contributed by atoms with Crippen molar-refractivity contribution in [2.75, 3.05) is 4.90 Å². The molecule has 0 fully saturated rings. The molecule has 0 bridgehead atoms. The van der Waals surface area contributed by atoms with Gasteiger partial charge in [-0.2, -0.15) is 0 Å². The molecule has 6 heteroatoms. The van der Waals surface area contributed by atoms with Gasteiger partial charge in [0.15, 0.2) is 0 Å². The Balaban J connectivity index is 1.50. The van der Waals surface area contributed by atoms with Gasteiger partial charge in [-0.3, -0.25) is 9.59 Å². The molecule has 1 heterocycles. The number of halogens is 2. The van der Waals surface area contributed by atoms with Crippen LogP contribution >= 0.6 is 0 Å². The van der Waals surface area contributed by atoms with Crippen molar-refractivity contribution >= 4 is 17.5 Å². The second-order valence-corrected chi connectivity index (χ2v) is 7.38. The highest BCUT2D eigenvalue weighted by atomic mass is 19.1. The van der Waals surface area contributed by atoms with Gasteiger partial charge in [-0.05, 0) is 66.1 Å². The van der Waals surface area contributed by atoms with Gasteiger partial charge in [0, 0.05) is 11.3 Å². The Bertz CT molecular complexity index is 1110. The molecule has 1 N–H and O–H groups in total. The second kappa shape index (κ2) is 8.06.